The highest BCUT2D eigenvalue weighted by Gasteiger charge is 2.24. The molecule has 1 amide bonds. The molecule has 1 fully saturated rings. The average Bonchev–Trinajstić information content (AvgIpc) is 3.29. The highest BCUT2D eigenvalue weighted by Crippen LogP contribution is 2.27. The number of nitrogens with zero attached hydrogens (tertiary/aromatic N) is 2. The van der Waals surface area contributed by atoms with Crippen LogP contribution in [0.5, 0.6) is 0 Å². The van der Waals surface area contributed by atoms with E-state index in [9.17, 15) is 4.79 Å². The van der Waals surface area contributed by atoms with E-state index in [0.29, 0.717) is 0 Å². The van der Waals surface area contributed by atoms with Crippen molar-refractivity contribution in [2.45, 2.75) is 45.4 Å². The number of hydrogen-bond donors (Lipinski definition) is 1. The van der Waals surface area contributed by atoms with E-state index in [4.69, 9.17) is 4.98 Å². The van der Waals surface area contributed by atoms with Gasteiger partial charge >= 0.3 is 0 Å². The van der Waals surface area contributed by atoms with Crippen LogP contribution in [-0.4, -0.2) is 15.3 Å². The van der Waals surface area contributed by atoms with Gasteiger partial charge in [0.1, 0.15) is 11.5 Å². The normalized spacial score (nSPS) is 14.8. The third-order valence-electron chi connectivity index (χ3n) is 5.31. The first-order valence-electron chi connectivity index (χ1n) is 9.53. The number of amides is 1. The predicted molar refractivity (Wildman–Crippen MR) is 104 cm³/mol. The molecule has 3 aromatic rings. The van der Waals surface area contributed by atoms with Gasteiger partial charge < -0.3 is 5.32 Å². The third kappa shape index (κ3) is 3.50. The molecule has 0 spiro atoms. The number of carbonyl (C=O) groups excluding carboxylic acids is 1. The van der Waals surface area contributed by atoms with Crippen molar-refractivity contribution in [1.82, 2.24) is 9.38 Å². The van der Waals surface area contributed by atoms with E-state index in [2.05, 4.69) is 48.6 Å². The first-order valence-corrected chi connectivity index (χ1v) is 9.53. The van der Waals surface area contributed by atoms with E-state index in [0.717, 1.165) is 55.7 Å². The van der Waals surface area contributed by atoms with Gasteiger partial charge in [-0.3, -0.25) is 9.20 Å². The van der Waals surface area contributed by atoms with Crippen molar-refractivity contribution in [3.05, 3.63) is 65.5 Å². The molecular formula is C22H25N3O. The minimum Gasteiger partial charge on any atom is -0.310 e. The topological polar surface area (TPSA) is 46.4 Å². The number of hydrogen-bond acceptors (Lipinski definition) is 2. The SMILES string of the molecule is Cc1ccn2c(NC(=O)C3CCCC3)c(CCc3ccccc3)nc2c1. The summed E-state index contributed by atoms with van der Waals surface area (Å²) >= 11 is 0. The minimum absolute atomic E-state index is 0.144. The lowest BCUT2D eigenvalue weighted by Gasteiger charge is -2.12. The summed E-state index contributed by atoms with van der Waals surface area (Å²) in [6.45, 7) is 2.06. The Morgan fingerprint density at radius 3 is 2.69 bits per heavy atom. The average molecular weight is 347 g/mol. The number of imidazole rings is 1. The van der Waals surface area contributed by atoms with Gasteiger partial charge in [0.25, 0.3) is 0 Å². The van der Waals surface area contributed by atoms with E-state index in [1.807, 2.05) is 16.7 Å². The number of anilines is 1. The summed E-state index contributed by atoms with van der Waals surface area (Å²) < 4.78 is 2.01. The molecule has 0 radical (unpaired) electrons. The summed E-state index contributed by atoms with van der Waals surface area (Å²) in [5, 5.41) is 3.19. The third-order valence-corrected chi connectivity index (χ3v) is 5.31. The molecule has 4 nitrogen and oxygen atoms in total. The molecule has 1 saturated carbocycles. The lowest BCUT2D eigenvalue weighted by atomic mass is 10.1. The molecule has 2 aromatic heterocycles. The van der Waals surface area contributed by atoms with Crippen molar-refractivity contribution in [1.29, 1.82) is 0 Å². The first-order chi connectivity index (χ1) is 12.7. The van der Waals surface area contributed by atoms with Gasteiger partial charge in [0.2, 0.25) is 5.91 Å². The lowest BCUT2D eigenvalue weighted by molar-refractivity contribution is -0.119. The second kappa shape index (κ2) is 7.32. The molecule has 0 unspecified atom stereocenters. The zero-order valence-electron chi connectivity index (χ0n) is 15.2. The van der Waals surface area contributed by atoms with Crippen LogP contribution in [0.3, 0.4) is 0 Å². The second-order valence-electron chi connectivity index (χ2n) is 7.30. The van der Waals surface area contributed by atoms with Crippen molar-refractivity contribution < 1.29 is 4.79 Å². The molecule has 0 aliphatic heterocycles. The summed E-state index contributed by atoms with van der Waals surface area (Å²) in [6.07, 6.45) is 8.05. The molecule has 1 aromatic carbocycles. The van der Waals surface area contributed by atoms with Gasteiger partial charge in [0.05, 0.1) is 5.69 Å². The number of nitrogens with one attached hydrogen (secondary N) is 1. The smallest absolute Gasteiger partial charge is 0.228 e. The van der Waals surface area contributed by atoms with E-state index in [1.54, 1.807) is 0 Å². The Morgan fingerprint density at radius 1 is 1.15 bits per heavy atom. The molecular weight excluding hydrogens is 322 g/mol. The van der Waals surface area contributed by atoms with Crippen LogP contribution < -0.4 is 5.32 Å². The quantitative estimate of drug-likeness (QED) is 0.735. The maximum atomic E-state index is 12.7. The number of rotatable bonds is 5. The molecule has 0 bridgehead atoms. The zero-order chi connectivity index (χ0) is 17.9. The summed E-state index contributed by atoms with van der Waals surface area (Å²) in [5.74, 6) is 1.13. The fourth-order valence-electron chi connectivity index (χ4n) is 3.82. The van der Waals surface area contributed by atoms with Gasteiger partial charge in [-0.15, -0.1) is 0 Å². The standard InChI is InChI=1S/C22H25N3O/c1-16-13-14-25-20(15-16)23-19(12-11-17-7-3-2-4-8-17)21(25)24-22(26)18-9-5-6-10-18/h2-4,7-8,13-15,18H,5-6,9-12H2,1H3,(H,24,26). The highest BCUT2D eigenvalue weighted by molar-refractivity contribution is 5.93. The summed E-state index contributed by atoms with van der Waals surface area (Å²) in [6, 6.07) is 14.5. The number of benzene rings is 1. The second-order valence-corrected chi connectivity index (χ2v) is 7.30. The fourth-order valence-corrected chi connectivity index (χ4v) is 3.82. The summed E-state index contributed by atoms with van der Waals surface area (Å²) in [5.41, 5.74) is 4.32. The van der Waals surface area contributed by atoms with Gasteiger partial charge in [-0.25, -0.2) is 4.98 Å². The lowest BCUT2D eigenvalue weighted by Crippen LogP contribution is -2.22. The van der Waals surface area contributed by atoms with Gasteiger partial charge in [-0.1, -0.05) is 43.2 Å². The Morgan fingerprint density at radius 2 is 1.92 bits per heavy atom. The van der Waals surface area contributed by atoms with Gasteiger partial charge in [0.15, 0.2) is 0 Å². The van der Waals surface area contributed by atoms with Crippen LogP contribution >= 0.6 is 0 Å². The van der Waals surface area contributed by atoms with Gasteiger partial charge in [-0.2, -0.15) is 0 Å². The summed E-state index contributed by atoms with van der Waals surface area (Å²) in [4.78, 5) is 17.5. The molecule has 26 heavy (non-hydrogen) atoms. The van der Waals surface area contributed by atoms with Crippen molar-refractivity contribution >= 4 is 17.4 Å². The molecule has 1 N–H and O–H groups in total. The Kier molecular flexibility index (Phi) is 4.74. The fraction of sp³-hybridized carbons (Fsp3) is 0.364. The largest absolute Gasteiger partial charge is 0.310 e. The number of fused-ring (bicyclic) bond motifs is 1. The Bertz CT molecular complexity index is 908. The molecule has 1 aliphatic rings. The molecule has 2 heterocycles. The van der Waals surface area contributed by atoms with E-state index < -0.39 is 0 Å². The maximum absolute atomic E-state index is 12.7. The van der Waals surface area contributed by atoms with Crippen LogP contribution in [0.4, 0.5) is 5.82 Å². The number of pyridine rings is 1. The van der Waals surface area contributed by atoms with Crippen LogP contribution in [0.25, 0.3) is 5.65 Å². The molecule has 134 valence electrons. The van der Waals surface area contributed by atoms with E-state index in [1.165, 1.54) is 11.1 Å². The maximum Gasteiger partial charge on any atom is 0.228 e. The predicted octanol–water partition coefficient (Wildman–Crippen LogP) is 4.56. The number of carbonyl (C=O) groups is 1. The van der Waals surface area contributed by atoms with Gasteiger partial charge in [0, 0.05) is 12.1 Å². The zero-order valence-corrected chi connectivity index (χ0v) is 15.2. The molecule has 4 heteroatoms. The van der Waals surface area contributed by atoms with Crippen molar-refractivity contribution in [3.8, 4) is 0 Å². The summed E-state index contributed by atoms with van der Waals surface area (Å²) in [7, 11) is 0. The Hall–Kier alpha value is -2.62. The number of aryl methyl sites for hydroxylation is 3. The van der Waals surface area contributed by atoms with Crippen LogP contribution in [0.2, 0.25) is 0 Å². The van der Waals surface area contributed by atoms with Crippen molar-refractivity contribution in [2.75, 3.05) is 5.32 Å². The van der Waals surface area contributed by atoms with Crippen LogP contribution in [0.15, 0.2) is 48.7 Å². The number of aromatic nitrogens is 2. The monoisotopic (exact) mass is 347 g/mol. The van der Waals surface area contributed by atoms with Gasteiger partial charge in [-0.05, 0) is 55.9 Å². The Labute approximate surface area is 154 Å². The first kappa shape index (κ1) is 16.8. The van der Waals surface area contributed by atoms with E-state index in [-0.39, 0.29) is 11.8 Å². The van der Waals surface area contributed by atoms with Crippen molar-refractivity contribution in [2.24, 2.45) is 5.92 Å². The van der Waals surface area contributed by atoms with Crippen LogP contribution in [0.1, 0.15) is 42.5 Å². The minimum atomic E-state index is 0.144. The van der Waals surface area contributed by atoms with E-state index >= 15 is 0 Å². The van der Waals surface area contributed by atoms with Crippen LogP contribution in [-0.2, 0) is 17.6 Å². The molecule has 4 rings (SSSR count). The Balaban J connectivity index is 1.62. The molecule has 1 aliphatic carbocycles. The van der Waals surface area contributed by atoms with Crippen molar-refractivity contribution in [3.63, 3.8) is 0 Å². The van der Waals surface area contributed by atoms with Crippen LogP contribution in [0, 0.1) is 12.8 Å². The highest BCUT2D eigenvalue weighted by atomic mass is 16.2. The molecule has 0 atom stereocenters. The molecule has 0 saturated heterocycles.